The van der Waals surface area contributed by atoms with E-state index < -0.39 is 0 Å². The molecule has 0 heterocycles. The molecule has 1 aromatic carbocycles. The van der Waals surface area contributed by atoms with Gasteiger partial charge < -0.3 is 9.47 Å². The molecule has 3 heteroatoms. The van der Waals surface area contributed by atoms with Crippen LogP contribution in [-0.4, -0.2) is 26.3 Å². The summed E-state index contributed by atoms with van der Waals surface area (Å²) < 4.78 is 10.2. The van der Waals surface area contributed by atoms with Gasteiger partial charge in [0, 0.05) is 13.7 Å². The Morgan fingerprint density at radius 2 is 1.94 bits per heavy atom. The maximum atomic E-state index is 11.7. The van der Waals surface area contributed by atoms with E-state index in [1.165, 1.54) is 0 Å². The van der Waals surface area contributed by atoms with Gasteiger partial charge in [-0.2, -0.15) is 0 Å². The monoisotopic (exact) mass is 236 g/mol. The van der Waals surface area contributed by atoms with Crippen molar-refractivity contribution in [3.63, 3.8) is 0 Å². The van der Waals surface area contributed by atoms with Gasteiger partial charge in [-0.1, -0.05) is 24.6 Å². The summed E-state index contributed by atoms with van der Waals surface area (Å²) in [6.45, 7) is 5.17. The molecule has 0 bridgehead atoms. The molecule has 1 rings (SSSR count). The minimum atomic E-state index is -0.255. The van der Waals surface area contributed by atoms with Crippen molar-refractivity contribution < 1.29 is 14.3 Å². The maximum absolute atomic E-state index is 11.7. The summed E-state index contributed by atoms with van der Waals surface area (Å²) in [6.07, 6.45) is 0.900. The average molecular weight is 236 g/mol. The standard InChI is InChI=1S/C14H20O3/c1-11-4-6-13(7-5-11)14(15)17-10-12(2)8-9-16-3/h4-7,12H,8-10H2,1-3H3. The first-order valence-corrected chi connectivity index (χ1v) is 5.86. The van der Waals surface area contributed by atoms with Gasteiger partial charge in [-0.05, 0) is 31.4 Å². The van der Waals surface area contributed by atoms with Gasteiger partial charge in [-0.3, -0.25) is 0 Å². The number of hydrogen-bond donors (Lipinski definition) is 0. The van der Waals surface area contributed by atoms with Gasteiger partial charge in [-0.25, -0.2) is 4.79 Å². The van der Waals surface area contributed by atoms with Crippen molar-refractivity contribution in [1.82, 2.24) is 0 Å². The lowest BCUT2D eigenvalue weighted by molar-refractivity contribution is 0.0424. The van der Waals surface area contributed by atoms with Crippen molar-refractivity contribution in [2.75, 3.05) is 20.3 Å². The van der Waals surface area contributed by atoms with E-state index in [1.54, 1.807) is 19.2 Å². The number of carbonyl (C=O) groups is 1. The van der Waals surface area contributed by atoms with Gasteiger partial charge in [0.25, 0.3) is 0 Å². The highest BCUT2D eigenvalue weighted by atomic mass is 16.5. The van der Waals surface area contributed by atoms with Gasteiger partial charge in [0.2, 0.25) is 0 Å². The lowest BCUT2D eigenvalue weighted by Crippen LogP contribution is -2.13. The van der Waals surface area contributed by atoms with Crippen LogP contribution in [0.2, 0.25) is 0 Å². The molecule has 17 heavy (non-hydrogen) atoms. The SMILES string of the molecule is COCCC(C)COC(=O)c1ccc(C)cc1. The second-order valence-electron chi connectivity index (χ2n) is 4.35. The van der Waals surface area contributed by atoms with Crippen molar-refractivity contribution in [2.24, 2.45) is 5.92 Å². The molecule has 0 N–H and O–H groups in total. The molecule has 0 aromatic heterocycles. The Morgan fingerprint density at radius 1 is 1.29 bits per heavy atom. The molecule has 0 radical (unpaired) electrons. The molecule has 1 aromatic rings. The van der Waals surface area contributed by atoms with E-state index in [2.05, 4.69) is 0 Å². The number of methoxy groups -OCH3 is 1. The third kappa shape index (κ3) is 5.00. The molecule has 0 fully saturated rings. The lowest BCUT2D eigenvalue weighted by atomic mass is 10.1. The van der Waals surface area contributed by atoms with Crippen molar-refractivity contribution in [1.29, 1.82) is 0 Å². The average Bonchev–Trinajstić information content (AvgIpc) is 2.34. The molecule has 1 atom stereocenters. The largest absolute Gasteiger partial charge is 0.462 e. The molecule has 0 aliphatic heterocycles. The summed E-state index contributed by atoms with van der Waals surface area (Å²) in [7, 11) is 1.67. The number of rotatable bonds is 6. The highest BCUT2D eigenvalue weighted by Crippen LogP contribution is 2.08. The first kappa shape index (κ1) is 13.7. The molecule has 0 saturated heterocycles. The zero-order valence-corrected chi connectivity index (χ0v) is 10.7. The van der Waals surface area contributed by atoms with E-state index in [-0.39, 0.29) is 5.97 Å². The number of esters is 1. The van der Waals surface area contributed by atoms with E-state index in [0.717, 1.165) is 12.0 Å². The van der Waals surface area contributed by atoms with Crippen LogP contribution in [0.15, 0.2) is 24.3 Å². The van der Waals surface area contributed by atoms with E-state index in [0.29, 0.717) is 24.7 Å². The Labute approximate surface area is 103 Å². The van der Waals surface area contributed by atoms with Crippen LogP contribution in [-0.2, 0) is 9.47 Å². The summed E-state index contributed by atoms with van der Waals surface area (Å²) in [6, 6.07) is 7.39. The van der Waals surface area contributed by atoms with Crippen molar-refractivity contribution in [3.8, 4) is 0 Å². The van der Waals surface area contributed by atoms with Crippen LogP contribution in [0.5, 0.6) is 0 Å². The van der Waals surface area contributed by atoms with Crippen molar-refractivity contribution in [3.05, 3.63) is 35.4 Å². The van der Waals surface area contributed by atoms with Gasteiger partial charge in [0.05, 0.1) is 12.2 Å². The Hall–Kier alpha value is -1.35. The lowest BCUT2D eigenvalue weighted by Gasteiger charge is -2.11. The molecule has 1 unspecified atom stereocenters. The fourth-order valence-corrected chi connectivity index (χ4v) is 1.39. The molecule has 0 spiro atoms. The van der Waals surface area contributed by atoms with E-state index in [4.69, 9.17) is 9.47 Å². The zero-order chi connectivity index (χ0) is 12.7. The van der Waals surface area contributed by atoms with Crippen LogP contribution in [0.1, 0.15) is 29.3 Å². The smallest absolute Gasteiger partial charge is 0.338 e. The molecule has 0 amide bonds. The van der Waals surface area contributed by atoms with Crippen LogP contribution >= 0.6 is 0 Å². The molecule has 94 valence electrons. The van der Waals surface area contributed by atoms with Crippen LogP contribution in [0.4, 0.5) is 0 Å². The summed E-state index contributed by atoms with van der Waals surface area (Å²) in [5.41, 5.74) is 1.74. The van der Waals surface area contributed by atoms with Crippen molar-refractivity contribution in [2.45, 2.75) is 20.3 Å². The second kappa shape index (κ2) is 7.07. The number of benzene rings is 1. The maximum Gasteiger partial charge on any atom is 0.338 e. The Morgan fingerprint density at radius 3 is 2.53 bits per heavy atom. The number of ether oxygens (including phenoxy) is 2. The number of hydrogen-bond acceptors (Lipinski definition) is 3. The van der Waals surface area contributed by atoms with Crippen molar-refractivity contribution >= 4 is 5.97 Å². The predicted molar refractivity (Wildman–Crippen MR) is 67.1 cm³/mol. The molecular weight excluding hydrogens is 216 g/mol. The van der Waals surface area contributed by atoms with E-state index >= 15 is 0 Å². The topological polar surface area (TPSA) is 35.5 Å². The van der Waals surface area contributed by atoms with Crippen LogP contribution < -0.4 is 0 Å². The third-order valence-corrected chi connectivity index (χ3v) is 2.60. The molecule has 0 aliphatic rings. The normalized spacial score (nSPS) is 12.2. The summed E-state index contributed by atoms with van der Waals surface area (Å²) >= 11 is 0. The minimum absolute atomic E-state index is 0.255. The van der Waals surface area contributed by atoms with Crippen LogP contribution in [0, 0.1) is 12.8 Å². The Balaban J connectivity index is 2.36. The summed E-state index contributed by atoms with van der Waals surface area (Å²) in [4.78, 5) is 11.7. The van der Waals surface area contributed by atoms with E-state index in [9.17, 15) is 4.79 Å². The number of carbonyl (C=O) groups excluding carboxylic acids is 1. The zero-order valence-electron chi connectivity index (χ0n) is 10.7. The molecule has 3 nitrogen and oxygen atoms in total. The fraction of sp³-hybridized carbons (Fsp3) is 0.500. The summed E-state index contributed by atoms with van der Waals surface area (Å²) in [5.74, 6) is 0.0682. The Bertz CT molecular complexity index is 343. The third-order valence-electron chi connectivity index (χ3n) is 2.60. The molecule has 0 saturated carbocycles. The van der Waals surface area contributed by atoms with E-state index in [1.807, 2.05) is 26.0 Å². The first-order chi connectivity index (χ1) is 8.13. The minimum Gasteiger partial charge on any atom is -0.462 e. The molecular formula is C14H20O3. The summed E-state index contributed by atoms with van der Waals surface area (Å²) in [5, 5.41) is 0. The quantitative estimate of drug-likeness (QED) is 0.712. The van der Waals surface area contributed by atoms with Gasteiger partial charge in [-0.15, -0.1) is 0 Å². The van der Waals surface area contributed by atoms with Crippen LogP contribution in [0.3, 0.4) is 0 Å². The van der Waals surface area contributed by atoms with Crippen LogP contribution in [0.25, 0.3) is 0 Å². The molecule has 0 aliphatic carbocycles. The second-order valence-corrected chi connectivity index (χ2v) is 4.35. The van der Waals surface area contributed by atoms with Gasteiger partial charge in [0.15, 0.2) is 0 Å². The first-order valence-electron chi connectivity index (χ1n) is 5.86. The highest BCUT2D eigenvalue weighted by molar-refractivity contribution is 5.89. The van der Waals surface area contributed by atoms with Gasteiger partial charge in [0.1, 0.15) is 0 Å². The van der Waals surface area contributed by atoms with Gasteiger partial charge >= 0.3 is 5.97 Å². The Kier molecular flexibility index (Phi) is 5.70. The number of aryl methyl sites for hydroxylation is 1. The fourth-order valence-electron chi connectivity index (χ4n) is 1.39. The highest BCUT2D eigenvalue weighted by Gasteiger charge is 2.09. The predicted octanol–water partition coefficient (Wildman–Crippen LogP) is 2.82.